The van der Waals surface area contributed by atoms with Crippen molar-refractivity contribution in [2.24, 2.45) is 0 Å². The first kappa shape index (κ1) is 27.7. The van der Waals surface area contributed by atoms with Gasteiger partial charge in [-0.05, 0) is 43.7 Å². The van der Waals surface area contributed by atoms with Crippen molar-refractivity contribution in [3.8, 4) is 11.4 Å². The molecule has 3 aromatic rings. The van der Waals surface area contributed by atoms with Gasteiger partial charge < -0.3 is 25.8 Å². The summed E-state index contributed by atoms with van der Waals surface area (Å²) in [6.07, 6.45) is 0.657. The van der Waals surface area contributed by atoms with E-state index < -0.39 is 24.0 Å². The minimum Gasteiger partial charge on any atom is -0.491 e. The lowest BCUT2D eigenvalue weighted by atomic mass is 10.1. The lowest BCUT2D eigenvalue weighted by Gasteiger charge is -2.23. The van der Waals surface area contributed by atoms with Gasteiger partial charge in [-0.2, -0.15) is 0 Å². The zero-order valence-electron chi connectivity index (χ0n) is 22.0. The predicted octanol–water partition coefficient (Wildman–Crippen LogP) is 0.182. The molecule has 12 nitrogen and oxygen atoms in total. The fourth-order valence-electron chi connectivity index (χ4n) is 4.11. The van der Waals surface area contributed by atoms with Crippen LogP contribution in [0.25, 0.3) is 5.69 Å². The minimum absolute atomic E-state index is 0.0547. The van der Waals surface area contributed by atoms with Crippen LogP contribution in [0.15, 0.2) is 54.7 Å². The highest BCUT2D eigenvalue weighted by molar-refractivity contribution is 5.98. The van der Waals surface area contributed by atoms with Crippen LogP contribution in [0.4, 0.5) is 0 Å². The summed E-state index contributed by atoms with van der Waals surface area (Å²) in [4.78, 5) is 40.3. The second-order valence-electron chi connectivity index (χ2n) is 9.36. The first-order valence-corrected chi connectivity index (χ1v) is 12.8. The molecular formula is C27H33N7O5. The number of hydrogen-bond acceptors (Lipinski definition) is 8. The third-order valence-electron chi connectivity index (χ3n) is 6.23. The van der Waals surface area contributed by atoms with Crippen molar-refractivity contribution in [2.45, 2.75) is 32.5 Å². The topological polar surface area (TPSA) is 151 Å². The molecule has 2 heterocycles. The van der Waals surface area contributed by atoms with E-state index in [0.29, 0.717) is 24.5 Å². The van der Waals surface area contributed by atoms with Gasteiger partial charge in [0, 0.05) is 25.2 Å². The van der Waals surface area contributed by atoms with E-state index in [1.54, 1.807) is 29.1 Å². The summed E-state index contributed by atoms with van der Waals surface area (Å²) in [6.45, 7) is 4.61. The Morgan fingerprint density at radius 1 is 1.10 bits per heavy atom. The third-order valence-corrected chi connectivity index (χ3v) is 6.23. The molecule has 4 N–H and O–H groups in total. The number of carbonyl (C=O) groups is 3. The van der Waals surface area contributed by atoms with Crippen molar-refractivity contribution in [1.29, 1.82) is 0 Å². The molecule has 39 heavy (non-hydrogen) atoms. The molecule has 12 heteroatoms. The van der Waals surface area contributed by atoms with Crippen LogP contribution in [0, 0.1) is 6.92 Å². The van der Waals surface area contributed by atoms with Crippen molar-refractivity contribution in [1.82, 2.24) is 35.8 Å². The van der Waals surface area contributed by atoms with Gasteiger partial charge in [-0.25, -0.2) is 4.68 Å². The molecule has 2 atom stereocenters. The zero-order valence-corrected chi connectivity index (χ0v) is 22.0. The Kier molecular flexibility index (Phi) is 9.23. The van der Waals surface area contributed by atoms with Gasteiger partial charge in [0.15, 0.2) is 0 Å². The molecule has 206 valence electrons. The van der Waals surface area contributed by atoms with Crippen LogP contribution >= 0.6 is 0 Å². The maximum atomic E-state index is 12.9. The molecule has 0 saturated heterocycles. The first-order valence-electron chi connectivity index (χ1n) is 12.8. The number of nitrogens with zero attached hydrogens (tertiary/aromatic N) is 4. The van der Waals surface area contributed by atoms with Crippen LogP contribution in [-0.2, 0) is 16.1 Å². The number of hydrogen-bond donors (Lipinski definition) is 4. The number of carbonyl (C=O) groups excluding carboxylic acids is 3. The lowest BCUT2D eigenvalue weighted by molar-refractivity contribution is -0.125. The fourth-order valence-corrected chi connectivity index (χ4v) is 4.11. The number of ether oxygens (including phenoxy) is 1. The Morgan fingerprint density at radius 3 is 2.67 bits per heavy atom. The average molecular weight is 536 g/mol. The maximum absolute atomic E-state index is 12.9. The molecule has 0 saturated carbocycles. The summed E-state index contributed by atoms with van der Waals surface area (Å²) >= 11 is 0. The monoisotopic (exact) mass is 535 g/mol. The number of rotatable bonds is 4. The smallest absolute Gasteiger partial charge is 0.252 e. The van der Waals surface area contributed by atoms with Crippen molar-refractivity contribution >= 4 is 17.7 Å². The molecule has 2 bridgehead atoms. The standard InChI is InChI=1S/C27H33N7O5/c1-18-8-9-20-14-23(18)39-13-11-28-24(36)17-33(12-10-29-27(38)25(19(2)35)30-26(20)37)15-21-16-34(32-31-21)22-6-4-3-5-7-22/h3-9,14,16,19,25,35H,10-13,15,17H2,1-2H3,(H,28,36)(H,29,38)(H,30,37)/t19-,25+/m1/s1. The molecule has 0 aliphatic carbocycles. The molecule has 0 fully saturated rings. The average Bonchev–Trinajstić information content (AvgIpc) is 3.38. The quantitative estimate of drug-likeness (QED) is 0.370. The predicted molar refractivity (Wildman–Crippen MR) is 142 cm³/mol. The van der Waals surface area contributed by atoms with E-state index in [4.69, 9.17) is 4.74 Å². The van der Waals surface area contributed by atoms with Crippen molar-refractivity contribution in [2.75, 3.05) is 32.8 Å². The van der Waals surface area contributed by atoms with Gasteiger partial charge in [0.2, 0.25) is 11.8 Å². The molecule has 1 aliphatic heterocycles. The van der Waals surface area contributed by atoms with E-state index >= 15 is 0 Å². The van der Waals surface area contributed by atoms with Gasteiger partial charge in [-0.15, -0.1) is 5.10 Å². The van der Waals surface area contributed by atoms with Crippen LogP contribution in [0.3, 0.4) is 0 Å². The second kappa shape index (κ2) is 13.0. The molecule has 1 aliphatic rings. The number of aliphatic hydroxyl groups is 1. The molecule has 0 radical (unpaired) electrons. The van der Waals surface area contributed by atoms with E-state index in [0.717, 1.165) is 11.3 Å². The number of aromatic nitrogens is 3. The number of para-hydroxylation sites is 1. The summed E-state index contributed by atoms with van der Waals surface area (Å²) in [5, 5.41) is 26.8. The van der Waals surface area contributed by atoms with E-state index in [-0.39, 0.29) is 37.7 Å². The van der Waals surface area contributed by atoms with Crippen LogP contribution in [0.5, 0.6) is 5.75 Å². The van der Waals surface area contributed by atoms with Crippen molar-refractivity contribution in [3.63, 3.8) is 0 Å². The maximum Gasteiger partial charge on any atom is 0.252 e. The fraction of sp³-hybridized carbons (Fsp3) is 0.370. The zero-order chi connectivity index (χ0) is 27.8. The van der Waals surface area contributed by atoms with Crippen molar-refractivity contribution < 1.29 is 24.2 Å². The first-order chi connectivity index (χ1) is 18.8. The largest absolute Gasteiger partial charge is 0.491 e. The van der Waals surface area contributed by atoms with Crippen LogP contribution in [0.1, 0.15) is 28.5 Å². The Morgan fingerprint density at radius 2 is 1.90 bits per heavy atom. The molecule has 1 aromatic heterocycles. The Hall–Kier alpha value is -4.29. The van der Waals surface area contributed by atoms with Gasteiger partial charge in [-0.3, -0.25) is 19.3 Å². The van der Waals surface area contributed by atoms with Crippen LogP contribution < -0.4 is 20.7 Å². The Labute approximate surface area is 226 Å². The number of aryl methyl sites for hydroxylation is 1. The lowest BCUT2D eigenvalue weighted by Crippen LogP contribution is -2.53. The molecule has 0 unspecified atom stereocenters. The Balaban J connectivity index is 1.49. The summed E-state index contributed by atoms with van der Waals surface area (Å²) < 4.78 is 7.46. The highest BCUT2D eigenvalue weighted by Gasteiger charge is 2.26. The van der Waals surface area contributed by atoms with Gasteiger partial charge in [-0.1, -0.05) is 29.5 Å². The summed E-state index contributed by atoms with van der Waals surface area (Å²) in [5.74, 6) is -0.774. The van der Waals surface area contributed by atoms with E-state index in [2.05, 4.69) is 26.3 Å². The second-order valence-corrected chi connectivity index (χ2v) is 9.36. The van der Waals surface area contributed by atoms with E-state index in [1.807, 2.05) is 42.2 Å². The van der Waals surface area contributed by atoms with Gasteiger partial charge in [0.25, 0.3) is 5.91 Å². The number of benzene rings is 2. The number of amides is 3. The highest BCUT2D eigenvalue weighted by Crippen LogP contribution is 2.20. The highest BCUT2D eigenvalue weighted by atomic mass is 16.5. The number of fused-ring (bicyclic) bond motifs is 2. The van der Waals surface area contributed by atoms with Crippen LogP contribution in [-0.4, -0.2) is 87.7 Å². The Bertz CT molecular complexity index is 1290. The number of aliphatic hydroxyl groups excluding tert-OH is 1. The molecule has 0 spiro atoms. The van der Waals surface area contributed by atoms with E-state index in [1.165, 1.54) is 6.92 Å². The summed E-state index contributed by atoms with van der Waals surface area (Å²) in [7, 11) is 0. The normalized spacial score (nSPS) is 18.7. The van der Waals surface area contributed by atoms with E-state index in [9.17, 15) is 19.5 Å². The molecule has 2 aromatic carbocycles. The summed E-state index contributed by atoms with van der Waals surface area (Å²) in [6, 6.07) is 13.3. The molecular weight excluding hydrogens is 502 g/mol. The van der Waals surface area contributed by atoms with Crippen LogP contribution in [0.2, 0.25) is 0 Å². The molecule has 4 rings (SSSR count). The van der Waals surface area contributed by atoms with Gasteiger partial charge in [0.1, 0.15) is 18.4 Å². The minimum atomic E-state index is -1.17. The van der Waals surface area contributed by atoms with Crippen molar-refractivity contribution in [3.05, 3.63) is 71.5 Å². The van der Waals surface area contributed by atoms with Gasteiger partial charge in [0.05, 0.1) is 36.8 Å². The number of nitrogens with one attached hydrogen (secondary N) is 3. The molecule has 3 amide bonds. The summed E-state index contributed by atoms with van der Waals surface area (Å²) in [5.41, 5.74) is 2.61. The SMILES string of the molecule is Cc1ccc2cc1OCCNC(=O)CN(Cc1cn(-c3ccccc3)nn1)CCNC(=O)[C@H]([C@@H](C)O)NC2=O. The van der Waals surface area contributed by atoms with Gasteiger partial charge >= 0.3 is 0 Å². The third kappa shape index (κ3) is 7.62.